The second-order valence-electron chi connectivity index (χ2n) is 9.14. The van der Waals surface area contributed by atoms with E-state index >= 15 is 0 Å². The maximum atomic E-state index is 14.1. The van der Waals surface area contributed by atoms with E-state index in [1.54, 1.807) is 6.20 Å². The number of likely N-dealkylation sites (tertiary alicyclic amines) is 1. The van der Waals surface area contributed by atoms with Gasteiger partial charge in [-0.25, -0.2) is 8.78 Å². The first-order valence-corrected chi connectivity index (χ1v) is 12.1. The summed E-state index contributed by atoms with van der Waals surface area (Å²) in [4.78, 5) is 2.04. The van der Waals surface area contributed by atoms with Crippen molar-refractivity contribution in [2.75, 3.05) is 13.1 Å². The molecule has 5 aromatic rings. The number of piperidine rings is 1. The number of aryl methyl sites for hydroxylation is 1. The summed E-state index contributed by atoms with van der Waals surface area (Å²) in [6.45, 7) is 4.40. The maximum absolute atomic E-state index is 14.1. The van der Waals surface area contributed by atoms with Crippen molar-refractivity contribution in [1.82, 2.24) is 35.1 Å². The molecule has 4 heterocycles. The van der Waals surface area contributed by atoms with Gasteiger partial charge in [-0.15, -0.1) is 10.2 Å². The Morgan fingerprint density at radius 3 is 2.78 bits per heavy atom. The van der Waals surface area contributed by atoms with Gasteiger partial charge in [0.05, 0.1) is 17.6 Å². The van der Waals surface area contributed by atoms with Gasteiger partial charge in [-0.1, -0.05) is 6.07 Å². The molecule has 1 atom stereocenters. The zero-order valence-corrected chi connectivity index (χ0v) is 19.8. The molecule has 0 aliphatic carbocycles. The van der Waals surface area contributed by atoms with Crippen molar-refractivity contribution >= 4 is 10.9 Å². The number of H-pyrrole nitrogens is 1. The van der Waals surface area contributed by atoms with Gasteiger partial charge in [0.2, 0.25) is 11.8 Å². The number of benzene rings is 2. The molecule has 10 heteroatoms. The Balaban J connectivity index is 1.23. The van der Waals surface area contributed by atoms with Crippen LogP contribution in [0.15, 0.2) is 53.2 Å². The van der Waals surface area contributed by atoms with E-state index < -0.39 is 11.6 Å². The van der Waals surface area contributed by atoms with Gasteiger partial charge in [0.1, 0.15) is 17.3 Å². The van der Waals surface area contributed by atoms with E-state index in [0.717, 1.165) is 53.7 Å². The number of halogens is 2. The molecule has 1 N–H and O–H groups in total. The van der Waals surface area contributed by atoms with Crippen molar-refractivity contribution in [3.63, 3.8) is 0 Å². The van der Waals surface area contributed by atoms with Crippen LogP contribution in [0.3, 0.4) is 0 Å². The van der Waals surface area contributed by atoms with E-state index in [1.165, 1.54) is 18.2 Å². The maximum Gasteiger partial charge on any atom is 0.247 e. The molecule has 6 rings (SSSR count). The summed E-state index contributed by atoms with van der Waals surface area (Å²) in [5, 5.41) is 21.5. The van der Waals surface area contributed by atoms with Crippen LogP contribution in [0.1, 0.15) is 37.1 Å². The number of fused-ring (bicyclic) bond motifs is 1. The Labute approximate surface area is 205 Å². The van der Waals surface area contributed by atoms with Crippen LogP contribution in [0.2, 0.25) is 0 Å². The summed E-state index contributed by atoms with van der Waals surface area (Å²) < 4.78 is 36.2. The molecular weight excluding hydrogens is 464 g/mol. The molecule has 1 saturated heterocycles. The number of hydrogen-bond acceptors (Lipinski definition) is 6. The summed E-state index contributed by atoms with van der Waals surface area (Å²) in [6.07, 6.45) is 5.53. The van der Waals surface area contributed by atoms with Crippen molar-refractivity contribution in [2.45, 2.75) is 38.8 Å². The Hall–Kier alpha value is -3.92. The first kappa shape index (κ1) is 22.5. The Morgan fingerprint density at radius 2 is 1.97 bits per heavy atom. The third kappa shape index (κ3) is 4.17. The lowest BCUT2D eigenvalue weighted by Crippen LogP contribution is -2.34. The summed E-state index contributed by atoms with van der Waals surface area (Å²) in [5.41, 5.74) is 3.54. The second-order valence-corrected chi connectivity index (χ2v) is 9.14. The third-order valence-electron chi connectivity index (χ3n) is 6.78. The summed E-state index contributed by atoms with van der Waals surface area (Å²) >= 11 is 0. The van der Waals surface area contributed by atoms with Crippen LogP contribution in [-0.4, -0.2) is 48.2 Å². The van der Waals surface area contributed by atoms with Gasteiger partial charge in [-0.05, 0) is 56.6 Å². The Bertz CT molecular complexity index is 1500. The largest absolute Gasteiger partial charge is 0.420 e. The predicted octanol–water partition coefficient (Wildman–Crippen LogP) is 5.15. The lowest BCUT2D eigenvalue weighted by molar-refractivity contribution is 0.182. The zero-order valence-electron chi connectivity index (χ0n) is 19.8. The summed E-state index contributed by atoms with van der Waals surface area (Å²) in [7, 11) is 0. The minimum absolute atomic E-state index is 0.00272. The Morgan fingerprint density at radius 1 is 1.11 bits per heavy atom. The lowest BCUT2D eigenvalue weighted by atomic mass is 9.97. The monoisotopic (exact) mass is 489 g/mol. The lowest BCUT2D eigenvalue weighted by Gasteiger charge is -2.31. The molecule has 0 amide bonds. The molecule has 36 heavy (non-hydrogen) atoms. The standard InChI is InChI=1S/C26H25F2N7O/c1-2-35-14-18(12-29-35)24-19-11-16(8-9-23(19)30-31-24)25-32-33-26(36-25)17-5-4-10-34(13-17)15-20-21(27)6-3-7-22(20)28/h3,6-9,11-12,14,17H,2,4-5,10,13,15H2,1H3,(H,30,31)/t17-/m1/s1. The third-order valence-corrected chi connectivity index (χ3v) is 6.78. The average Bonchev–Trinajstić information content (AvgIpc) is 3.65. The van der Waals surface area contributed by atoms with Crippen molar-refractivity contribution < 1.29 is 13.2 Å². The van der Waals surface area contributed by atoms with Crippen LogP contribution in [-0.2, 0) is 13.1 Å². The van der Waals surface area contributed by atoms with E-state index in [9.17, 15) is 8.78 Å². The smallest absolute Gasteiger partial charge is 0.247 e. The van der Waals surface area contributed by atoms with Crippen LogP contribution in [0.25, 0.3) is 33.6 Å². The van der Waals surface area contributed by atoms with Gasteiger partial charge in [0, 0.05) is 47.9 Å². The summed E-state index contributed by atoms with van der Waals surface area (Å²) in [6, 6.07) is 9.83. The molecular formula is C26H25F2N7O. The fourth-order valence-corrected chi connectivity index (χ4v) is 4.85. The fraction of sp³-hybridized carbons (Fsp3) is 0.308. The van der Waals surface area contributed by atoms with Gasteiger partial charge in [-0.2, -0.15) is 10.2 Å². The molecule has 2 aromatic carbocycles. The highest BCUT2D eigenvalue weighted by Gasteiger charge is 2.27. The quantitative estimate of drug-likeness (QED) is 0.355. The van der Waals surface area contributed by atoms with Crippen LogP contribution in [0.4, 0.5) is 8.78 Å². The molecule has 8 nitrogen and oxygen atoms in total. The van der Waals surface area contributed by atoms with E-state index in [4.69, 9.17) is 4.42 Å². The molecule has 1 fully saturated rings. The molecule has 0 spiro atoms. The van der Waals surface area contributed by atoms with Crippen LogP contribution >= 0.6 is 0 Å². The predicted molar refractivity (Wildman–Crippen MR) is 130 cm³/mol. The van der Waals surface area contributed by atoms with Gasteiger partial charge in [0.15, 0.2) is 0 Å². The van der Waals surface area contributed by atoms with Gasteiger partial charge in [0.25, 0.3) is 0 Å². The SMILES string of the molecule is CCn1cc(-c2n[nH]c3ccc(-c4nnc([C@@H]5CCCN(Cc6c(F)cccc6F)C5)o4)cc23)cn1. The Kier molecular flexibility index (Phi) is 5.80. The van der Waals surface area contributed by atoms with E-state index in [1.807, 2.05) is 40.9 Å². The molecule has 1 aliphatic rings. The molecule has 0 radical (unpaired) electrons. The first-order valence-electron chi connectivity index (χ1n) is 12.1. The number of aromatic amines is 1. The van der Waals surface area contributed by atoms with Crippen LogP contribution in [0.5, 0.6) is 0 Å². The number of nitrogens with zero attached hydrogens (tertiary/aromatic N) is 6. The van der Waals surface area contributed by atoms with E-state index in [-0.39, 0.29) is 18.0 Å². The second kappa shape index (κ2) is 9.27. The minimum Gasteiger partial charge on any atom is -0.420 e. The molecule has 0 bridgehead atoms. The highest BCUT2D eigenvalue weighted by molar-refractivity contribution is 5.94. The molecule has 184 valence electrons. The molecule has 1 aliphatic heterocycles. The van der Waals surface area contributed by atoms with Crippen LogP contribution < -0.4 is 0 Å². The molecule has 3 aromatic heterocycles. The highest BCUT2D eigenvalue weighted by Crippen LogP contribution is 2.32. The molecule has 0 unspecified atom stereocenters. The summed E-state index contributed by atoms with van der Waals surface area (Å²) in [5.74, 6) is -0.0644. The van der Waals surface area contributed by atoms with Crippen molar-refractivity contribution in [3.8, 4) is 22.7 Å². The number of aromatic nitrogens is 6. The number of nitrogens with one attached hydrogen (secondary N) is 1. The van der Waals surface area contributed by atoms with Crippen molar-refractivity contribution in [2.24, 2.45) is 0 Å². The van der Waals surface area contributed by atoms with E-state index in [2.05, 4.69) is 25.5 Å². The fourth-order valence-electron chi connectivity index (χ4n) is 4.85. The van der Waals surface area contributed by atoms with Crippen LogP contribution in [0, 0.1) is 11.6 Å². The van der Waals surface area contributed by atoms with Gasteiger partial charge >= 0.3 is 0 Å². The number of rotatable bonds is 6. The van der Waals surface area contributed by atoms with Gasteiger partial charge < -0.3 is 4.42 Å². The first-order chi connectivity index (χ1) is 17.6. The molecule has 0 saturated carbocycles. The number of hydrogen-bond donors (Lipinski definition) is 1. The van der Waals surface area contributed by atoms with Crippen molar-refractivity contribution in [3.05, 3.63) is 71.9 Å². The van der Waals surface area contributed by atoms with Gasteiger partial charge in [-0.3, -0.25) is 14.7 Å². The van der Waals surface area contributed by atoms with Crippen molar-refractivity contribution in [1.29, 1.82) is 0 Å². The van der Waals surface area contributed by atoms with E-state index in [0.29, 0.717) is 18.3 Å². The zero-order chi connectivity index (χ0) is 24.6. The topological polar surface area (TPSA) is 88.7 Å². The highest BCUT2D eigenvalue weighted by atomic mass is 19.1. The average molecular weight is 490 g/mol. The minimum atomic E-state index is -0.520. The normalized spacial score (nSPS) is 16.7.